The molecular weight excluding hydrogens is 272 g/mol. The first-order valence-corrected chi connectivity index (χ1v) is 8.92. The van der Waals surface area contributed by atoms with E-state index in [1.165, 1.54) is 37.8 Å². The number of nitrogens with zero attached hydrogens (tertiary/aromatic N) is 2. The van der Waals surface area contributed by atoms with Crippen LogP contribution in [0.4, 0.5) is 5.69 Å². The number of anilines is 1. The van der Waals surface area contributed by atoms with Crippen LogP contribution in [0, 0.1) is 11.8 Å². The lowest BCUT2D eigenvalue weighted by molar-refractivity contribution is 0.0298. The standard InChI is InChI=1S/C19H24N2O/c1-12-13-6-9-17(12)21-14(10-13)7-8-15-11-20(15)18-5-3-2-4-16(18)19(21)22/h2-5,12-15,17H,6-11H2,1H3/t12-,13?,14+,15?,17+,20?/m1/s1. The highest BCUT2D eigenvalue weighted by Crippen LogP contribution is 2.47. The Kier molecular flexibility index (Phi) is 2.65. The zero-order valence-corrected chi connectivity index (χ0v) is 13.2. The minimum atomic E-state index is 0.297. The van der Waals surface area contributed by atoms with E-state index in [1.807, 2.05) is 12.1 Å². The summed E-state index contributed by atoms with van der Waals surface area (Å²) in [5.41, 5.74) is 2.11. The van der Waals surface area contributed by atoms with Crippen molar-refractivity contribution in [3.63, 3.8) is 0 Å². The van der Waals surface area contributed by atoms with Gasteiger partial charge in [-0.05, 0) is 56.1 Å². The third kappa shape index (κ3) is 1.71. The molecule has 3 aliphatic heterocycles. The van der Waals surface area contributed by atoms with E-state index in [9.17, 15) is 4.79 Å². The Labute approximate surface area is 132 Å². The molecule has 3 fully saturated rings. The molecule has 4 aliphatic rings. The molecule has 0 N–H and O–H groups in total. The molecule has 1 saturated carbocycles. The van der Waals surface area contributed by atoms with E-state index in [-0.39, 0.29) is 0 Å². The largest absolute Gasteiger partial charge is 0.364 e. The van der Waals surface area contributed by atoms with Gasteiger partial charge in [-0.3, -0.25) is 4.79 Å². The molecule has 3 nitrogen and oxygen atoms in total. The van der Waals surface area contributed by atoms with Crippen molar-refractivity contribution in [2.24, 2.45) is 11.8 Å². The molecule has 5 rings (SSSR count). The number of benzene rings is 1. The number of hydrogen-bond donors (Lipinski definition) is 0. The normalized spacial score (nSPS) is 39.3. The van der Waals surface area contributed by atoms with Crippen molar-refractivity contribution >= 4 is 11.6 Å². The summed E-state index contributed by atoms with van der Waals surface area (Å²) in [4.78, 5) is 18.1. The zero-order chi connectivity index (χ0) is 14.8. The van der Waals surface area contributed by atoms with E-state index >= 15 is 0 Å². The predicted octanol–water partition coefficient (Wildman–Crippen LogP) is 3.30. The maximum atomic E-state index is 13.4. The van der Waals surface area contributed by atoms with Gasteiger partial charge in [-0.1, -0.05) is 19.1 Å². The number of amides is 1. The van der Waals surface area contributed by atoms with Crippen LogP contribution in [0.15, 0.2) is 24.3 Å². The van der Waals surface area contributed by atoms with E-state index in [0.717, 1.165) is 18.0 Å². The Morgan fingerprint density at radius 1 is 1.05 bits per heavy atom. The molecule has 2 bridgehead atoms. The van der Waals surface area contributed by atoms with Crippen LogP contribution in [0.1, 0.15) is 49.4 Å². The second kappa shape index (κ2) is 4.50. The molecule has 0 spiro atoms. The molecule has 0 aromatic heterocycles. The Morgan fingerprint density at radius 2 is 1.86 bits per heavy atom. The molecule has 5 atom stereocenters. The van der Waals surface area contributed by atoms with Gasteiger partial charge in [0.25, 0.3) is 5.91 Å². The van der Waals surface area contributed by atoms with Crippen LogP contribution in [0.2, 0.25) is 0 Å². The lowest BCUT2D eigenvalue weighted by Gasteiger charge is -2.44. The van der Waals surface area contributed by atoms with E-state index < -0.39 is 0 Å². The lowest BCUT2D eigenvalue weighted by Crippen LogP contribution is -2.52. The van der Waals surface area contributed by atoms with Crippen molar-refractivity contribution < 1.29 is 4.79 Å². The van der Waals surface area contributed by atoms with Gasteiger partial charge in [-0.15, -0.1) is 0 Å². The SMILES string of the molecule is C[C@@H]1C2CC[C@@H]1N1C(=O)c3ccccc3N3CC3CC[C@H]1C2. The van der Waals surface area contributed by atoms with Gasteiger partial charge in [-0.25, -0.2) is 0 Å². The molecule has 3 heterocycles. The zero-order valence-electron chi connectivity index (χ0n) is 13.2. The molecule has 116 valence electrons. The maximum Gasteiger partial charge on any atom is 0.256 e. The Bertz CT molecular complexity index is 628. The summed E-state index contributed by atoms with van der Waals surface area (Å²) in [7, 11) is 0. The first-order chi connectivity index (χ1) is 10.7. The minimum Gasteiger partial charge on any atom is -0.364 e. The second-order valence-corrected chi connectivity index (χ2v) is 7.77. The number of piperidine rings is 1. The van der Waals surface area contributed by atoms with Crippen LogP contribution in [0.25, 0.3) is 0 Å². The van der Waals surface area contributed by atoms with Gasteiger partial charge in [0.1, 0.15) is 0 Å². The summed E-state index contributed by atoms with van der Waals surface area (Å²) < 4.78 is 0. The van der Waals surface area contributed by atoms with Crippen molar-refractivity contribution in [2.45, 2.75) is 57.2 Å². The van der Waals surface area contributed by atoms with E-state index in [0.29, 0.717) is 30.0 Å². The second-order valence-electron chi connectivity index (χ2n) is 7.77. The Morgan fingerprint density at radius 3 is 2.77 bits per heavy atom. The third-order valence-corrected chi connectivity index (χ3v) is 6.74. The van der Waals surface area contributed by atoms with Crippen molar-refractivity contribution in [1.29, 1.82) is 0 Å². The summed E-state index contributed by atoms with van der Waals surface area (Å²) in [5.74, 6) is 1.83. The number of para-hydroxylation sites is 1. The quantitative estimate of drug-likeness (QED) is 0.686. The smallest absolute Gasteiger partial charge is 0.256 e. The molecule has 2 saturated heterocycles. The number of carbonyl (C=O) groups is 1. The van der Waals surface area contributed by atoms with E-state index in [1.54, 1.807) is 0 Å². The van der Waals surface area contributed by atoms with Crippen molar-refractivity contribution in [2.75, 3.05) is 11.4 Å². The van der Waals surface area contributed by atoms with E-state index in [2.05, 4.69) is 28.9 Å². The molecule has 22 heavy (non-hydrogen) atoms. The highest BCUT2D eigenvalue weighted by molar-refractivity contribution is 6.01. The summed E-state index contributed by atoms with van der Waals surface area (Å²) in [6.07, 6.45) is 6.21. The molecule has 2 unspecified atom stereocenters. The summed E-state index contributed by atoms with van der Waals surface area (Å²) in [6.45, 7) is 3.51. The first kappa shape index (κ1) is 13.0. The van der Waals surface area contributed by atoms with Gasteiger partial charge >= 0.3 is 0 Å². The lowest BCUT2D eigenvalue weighted by atomic mass is 9.82. The van der Waals surface area contributed by atoms with Crippen LogP contribution < -0.4 is 4.90 Å². The summed E-state index contributed by atoms with van der Waals surface area (Å²) in [6, 6.07) is 9.91. The molecule has 0 radical (unpaired) electrons. The topological polar surface area (TPSA) is 23.3 Å². The summed E-state index contributed by atoms with van der Waals surface area (Å²) >= 11 is 0. The first-order valence-electron chi connectivity index (χ1n) is 8.92. The minimum absolute atomic E-state index is 0.297. The Hall–Kier alpha value is -1.51. The van der Waals surface area contributed by atoms with Crippen LogP contribution >= 0.6 is 0 Å². The molecular formula is C19H24N2O. The number of hydrogen-bond acceptors (Lipinski definition) is 2. The van der Waals surface area contributed by atoms with Gasteiger partial charge in [0.05, 0.1) is 5.56 Å². The van der Waals surface area contributed by atoms with Gasteiger partial charge in [0, 0.05) is 30.4 Å². The van der Waals surface area contributed by atoms with Crippen LogP contribution in [0.3, 0.4) is 0 Å². The van der Waals surface area contributed by atoms with Crippen molar-refractivity contribution in [3.05, 3.63) is 29.8 Å². The van der Waals surface area contributed by atoms with Gasteiger partial charge in [0.2, 0.25) is 0 Å². The maximum absolute atomic E-state index is 13.4. The molecule has 1 amide bonds. The van der Waals surface area contributed by atoms with Gasteiger partial charge in [0.15, 0.2) is 0 Å². The fourth-order valence-electron chi connectivity index (χ4n) is 5.41. The van der Waals surface area contributed by atoms with E-state index in [4.69, 9.17) is 0 Å². The number of carbonyl (C=O) groups excluding carboxylic acids is 1. The molecule has 1 aromatic rings. The molecule has 1 aromatic carbocycles. The van der Waals surface area contributed by atoms with Crippen LogP contribution in [0.5, 0.6) is 0 Å². The summed E-state index contributed by atoms with van der Waals surface area (Å²) in [5, 5.41) is 0. The van der Waals surface area contributed by atoms with Gasteiger partial charge in [-0.2, -0.15) is 0 Å². The van der Waals surface area contributed by atoms with Crippen molar-refractivity contribution in [3.8, 4) is 0 Å². The van der Waals surface area contributed by atoms with Gasteiger partial charge < -0.3 is 9.80 Å². The average Bonchev–Trinajstić information content (AvgIpc) is 3.26. The fraction of sp³-hybridized carbons (Fsp3) is 0.632. The number of rotatable bonds is 0. The molecule has 1 aliphatic carbocycles. The number of fused-ring (bicyclic) bond motifs is 7. The Balaban J connectivity index is 1.60. The van der Waals surface area contributed by atoms with Crippen LogP contribution in [-0.2, 0) is 0 Å². The molecule has 3 heteroatoms. The predicted molar refractivity (Wildman–Crippen MR) is 87.1 cm³/mol. The van der Waals surface area contributed by atoms with Crippen LogP contribution in [-0.4, -0.2) is 35.5 Å². The highest BCUT2D eigenvalue weighted by Gasteiger charge is 2.49. The van der Waals surface area contributed by atoms with Crippen molar-refractivity contribution in [1.82, 2.24) is 4.90 Å². The average molecular weight is 296 g/mol. The third-order valence-electron chi connectivity index (χ3n) is 6.74. The fourth-order valence-corrected chi connectivity index (χ4v) is 5.41. The highest BCUT2D eigenvalue weighted by atomic mass is 16.2. The monoisotopic (exact) mass is 296 g/mol.